The van der Waals surface area contributed by atoms with Gasteiger partial charge in [0.25, 0.3) is 0 Å². The first kappa shape index (κ1) is 19.9. The molecule has 1 fully saturated rings. The predicted octanol–water partition coefficient (Wildman–Crippen LogP) is 2.10. The molecule has 0 unspecified atom stereocenters. The van der Waals surface area contributed by atoms with Crippen molar-refractivity contribution in [2.75, 3.05) is 39.8 Å². The molecule has 0 aromatic carbocycles. The molecule has 0 spiro atoms. The Hall–Kier alpha value is -1.05. The van der Waals surface area contributed by atoms with Gasteiger partial charge in [-0.1, -0.05) is 47.0 Å². The molecule has 1 aliphatic heterocycles. The summed E-state index contributed by atoms with van der Waals surface area (Å²) in [4.78, 5) is 16.0. The summed E-state index contributed by atoms with van der Waals surface area (Å²) in [6, 6.07) is 0. The SMILES string of the molecule is C.CC(C)C#CCN1CCO[C@H](CN(C)C(=O)C(C)C)C1. The summed E-state index contributed by atoms with van der Waals surface area (Å²) in [5.74, 6) is 7.02. The lowest BCUT2D eigenvalue weighted by Gasteiger charge is -2.34. The van der Waals surface area contributed by atoms with Gasteiger partial charge in [-0.15, -0.1) is 0 Å². The van der Waals surface area contributed by atoms with E-state index in [9.17, 15) is 4.79 Å². The monoisotopic (exact) mass is 296 g/mol. The van der Waals surface area contributed by atoms with Gasteiger partial charge in [-0.25, -0.2) is 0 Å². The summed E-state index contributed by atoms with van der Waals surface area (Å²) in [6.07, 6.45) is 0.0947. The average Bonchev–Trinajstić information content (AvgIpc) is 2.37. The van der Waals surface area contributed by atoms with Crippen molar-refractivity contribution in [2.45, 2.75) is 41.2 Å². The molecular weight excluding hydrogens is 264 g/mol. The largest absolute Gasteiger partial charge is 0.374 e. The molecule has 1 atom stereocenters. The van der Waals surface area contributed by atoms with Crippen molar-refractivity contribution in [3.05, 3.63) is 0 Å². The van der Waals surface area contributed by atoms with E-state index < -0.39 is 0 Å². The van der Waals surface area contributed by atoms with Crippen molar-refractivity contribution in [3.63, 3.8) is 0 Å². The van der Waals surface area contributed by atoms with Gasteiger partial charge in [0.15, 0.2) is 0 Å². The van der Waals surface area contributed by atoms with Crippen LogP contribution < -0.4 is 0 Å². The Labute approximate surface area is 130 Å². The highest BCUT2D eigenvalue weighted by molar-refractivity contribution is 5.77. The fourth-order valence-electron chi connectivity index (χ4n) is 2.23. The van der Waals surface area contributed by atoms with Crippen LogP contribution in [0.2, 0.25) is 0 Å². The van der Waals surface area contributed by atoms with Crippen LogP contribution in [-0.2, 0) is 9.53 Å². The van der Waals surface area contributed by atoms with E-state index in [1.54, 1.807) is 4.90 Å². The van der Waals surface area contributed by atoms with Crippen LogP contribution in [0.5, 0.6) is 0 Å². The first-order valence-corrected chi connectivity index (χ1v) is 7.47. The molecule has 4 heteroatoms. The third kappa shape index (κ3) is 7.50. The molecule has 122 valence electrons. The molecule has 21 heavy (non-hydrogen) atoms. The number of rotatable bonds is 4. The molecule has 1 amide bonds. The maximum atomic E-state index is 11.9. The Morgan fingerprint density at radius 2 is 2.05 bits per heavy atom. The van der Waals surface area contributed by atoms with Crippen LogP contribution in [0.3, 0.4) is 0 Å². The van der Waals surface area contributed by atoms with Crippen LogP contribution in [0, 0.1) is 23.7 Å². The minimum absolute atomic E-state index is 0. The van der Waals surface area contributed by atoms with Crippen LogP contribution >= 0.6 is 0 Å². The van der Waals surface area contributed by atoms with Gasteiger partial charge in [-0.2, -0.15) is 0 Å². The van der Waals surface area contributed by atoms with Gasteiger partial charge in [0.1, 0.15) is 0 Å². The molecule has 1 heterocycles. The highest BCUT2D eigenvalue weighted by atomic mass is 16.5. The molecule has 0 bridgehead atoms. The number of amides is 1. The Balaban J connectivity index is 0.00000400. The molecule has 1 saturated heterocycles. The van der Waals surface area contributed by atoms with Crippen molar-refractivity contribution < 1.29 is 9.53 Å². The Kier molecular flexibility index (Phi) is 9.32. The van der Waals surface area contributed by atoms with Crippen LogP contribution in [0.1, 0.15) is 35.1 Å². The molecule has 0 saturated carbocycles. The molecule has 0 radical (unpaired) electrons. The molecule has 4 nitrogen and oxygen atoms in total. The van der Waals surface area contributed by atoms with E-state index in [4.69, 9.17) is 4.74 Å². The Morgan fingerprint density at radius 3 is 2.62 bits per heavy atom. The zero-order chi connectivity index (χ0) is 15.1. The van der Waals surface area contributed by atoms with Crippen molar-refractivity contribution in [1.82, 2.24) is 9.80 Å². The standard InChI is InChI=1S/C16H28N2O2.CH4/c1-13(2)7-6-8-18-9-10-20-15(12-18)11-17(5)16(19)14(3)4;/h13-15H,8-12H2,1-5H3;1H4/t15-;/m1./s1. The number of carbonyl (C=O) groups excluding carboxylic acids is 1. The van der Waals surface area contributed by atoms with Gasteiger partial charge in [0, 0.05) is 38.5 Å². The lowest BCUT2D eigenvalue weighted by atomic mass is 10.2. The maximum absolute atomic E-state index is 11.9. The lowest BCUT2D eigenvalue weighted by molar-refractivity contribution is -0.136. The number of hydrogen-bond donors (Lipinski definition) is 0. The van der Waals surface area contributed by atoms with Crippen LogP contribution in [0.4, 0.5) is 0 Å². The summed E-state index contributed by atoms with van der Waals surface area (Å²) < 4.78 is 5.75. The molecule has 0 aromatic rings. The molecule has 0 N–H and O–H groups in total. The van der Waals surface area contributed by atoms with Gasteiger partial charge in [-0.3, -0.25) is 9.69 Å². The van der Waals surface area contributed by atoms with Gasteiger partial charge in [-0.05, 0) is 0 Å². The van der Waals surface area contributed by atoms with Crippen molar-refractivity contribution in [3.8, 4) is 11.8 Å². The number of hydrogen-bond acceptors (Lipinski definition) is 3. The van der Waals surface area contributed by atoms with E-state index in [0.29, 0.717) is 12.5 Å². The van der Waals surface area contributed by atoms with E-state index in [1.165, 1.54) is 0 Å². The van der Waals surface area contributed by atoms with E-state index in [-0.39, 0.29) is 25.4 Å². The van der Waals surface area contributed by atoms with E-state index >= 15 is 0 Å². The van der Waals surface area contributed by atoms with E-state index in [0.717, 1.165) is 26.2 Å². The number of morpholine rings is 1. The fourth-order valence-corrected chi connectivity index (χ4v) is 2.23. The summed E-state index contributed by atoms with van der Waals surface area (Å²) in [5, 5.41) is 0. The fraction of sp³-hybridized carbons (Fsp3) is 0.824. The second kappa shape index (κ2) is 9.81. The first-order chi connectivity index (χ1) is 9.40. The molecule has 1 rings (SSSR count). The molecule has 1 aliphatic rings. The summed E-state index contributed by atoms with van der Waals surface area (Å²) in [5.41, 5.74) is 0. The quantitative estimate of drug-likeness (QED) is 0.745. The maximum Gasteiger partial charge on any atom is 0.224 e. The van der Waals surface area contributed by atoms with Gasteiger partial charge in [0.2, 0.25) is 5.91 Å². The molecule has 0 aliphatic carbocycles. The van der Waals surface area contributed by atoms with Crippen LogP contribution in [-0.4, -0.2) is 61.6 Å². The normalized spacial score (nSPS) is 18.9. The lowest BCUT2D eigenvalue weighted by Crippen LogP contribution is -2.48. The number of carbonyl (C=O) groups is 1. The highest BCUT2D eigenvalue weighted by Gasteiger charge is 2.23. The third-order valence-corrected chi connectivity index (χ3v) is 3.26. The number of ether oxygens (including phenoxy) is 1. The van der Waals surface area contributed by atoms with Gasteiger partial charge < -0.3 is 9.64 Å². The topological polar surface area (TPSA) is 32.8 Å². The van der Waals surface area contributed by atoms with E-state index in [1.807, 2.05) is 20.9 Å². The average molecular weight is 296 g/mol. The van der Waals surface area contributed by atoms with Crippen molar-refractivity contribution in [1.29, 1.82) is 0 Å². The zero-order valence-corrected chi connectivity index (χ0v) is 13.5. The third-order valence-electron chi connectivity index (χ3n) is 3.26. The first-order valence-electron chi connectivity index (χ1n) is 7.47. The second-order valence-electron chi connectivity index (χ2n) is 6.08. The van der Waals surface area contributed by atoms with Crippen LogP contribution in [0.15, 0.2) is 0 Å². The summed E-state index contributed by atoms with van der Waals surface area (Å²) >= 11 is 0. The zero-order valence-electron chi connectivity index (χ0n) is 13.5. The van der Waals surface area contributed by atoms with Gasteiger partial charge >= 0.3 is 0 Å². The van der Waals surface area contributed by atoms with Crippen molar-refractivity contribution in [2.24, 2.45) is 11.8 Å². The molecule has 0 aromatic heterocycles. The van der Waals surface area contributed by atoms with Crippen molar-refractivity contribution >= 4 is 5.91 Å². The van der Waals surface area contributed by atoms with Crippen LogP contribution in [0.25, 0.3) is 0 Å². The number of nitrogens with zero attached hydrogens (tertiary/aromatic N) is 2. The predicted molar refractivity (Wildman–Crippen MR) is 88.0 cm³/mol. The number of likely N-dealkylation sites (N-methyl/N-ethyl adjacent to an activating group) is 1. The van der Waals surface area contributed by atoms with E-state index in [2.05, 4.69) is 30.6 Å². The van der Waals surface area contributed by atoms with Gasteiger partial charge in [0.05, 0.1) is 19.3 Å². The molecular formula is C17H32N2O2. The Bertz CT molecular complexity index is 369. The smallest absolute Gasteiger partial charge is 0.224 e. The highest BCUT2D eigenvalue weighted by Crippen LogP contribution is 2.08. The summed E-state index contributed by atoms with van der Waals surface area (Å²) in [7, 11) is 1.85. The minimum atomic E-state index is 0. The minimum Gasteiger partial charge on any atom is -0.374 e. The Morgan fingerprint density at radius 1 is 1.38 bits per heavy atom. The summed E-state index contributed by atoms with van der Waals surface area (Å²) in [6.45, 7) is 12.0. The second-order valence-corrected chi connectivity index (χ2v) is 6.08.